The number of hydrogen-bond donors (Lipinski definition) is 2. The van der Waals surface area contributed by atoms with E-state index >= 15 is 0 Å². The molecule has 1 heterocycles. The lowest BCUT2D eigenvalue weighted by atomic mass is 10.0. The van der Waals surface area contributed by atoms with Crippen LogP contribution in [0.15, 0.2) is 42.5 Å². The number of tetrazole rings is 1. The normalized spacial score (nSPS) is 12.0. The maximum Gasteiger partial charge on any atom is 0.251 e. The summed E-state index contributed by atoms with van der Waals surface area (Å²) in [6.45, 7) is 3.37. The summed E-state index contributed by atoms with van der Waals surface area (Å²) in [6.07, 6.45) is 0. The highest BCUT2D eigenvalue weighted by Gasteiger charge is 2.14. The van der Waals surface area contributed by atoms with Crippen molar-refractivity contribution >= 4 is 17.5 Å². The minimum atomic E-state index is -0.347. The first kappa shape index (κ1) is 18.0. The molecule has 134 valence electrons. The molecule has 0 saturated heterocycles. The summed E-state index contributed by atoms with van der Waals surface area (Å²) < 4.78 is 1.56. The van der Waals surface area contributed by atoms with Gasteiger partial charge in [0.1, 0.15) is 0 Å². The molecule has 1 atom stereocenters. The fourth-order valence-corrected chi connectivity index (χ4v) is 2.62. The van der Waals surface area contributed by atoms with E-state index in [2.05, 4.69) is 20.8 Å². The molecule has 2 aromatic carbocycles. The van der Waals surface area contributed by atoms with Gasteiger partial charge in [0.05, 0.1) is 12.3 Å². The molecule has 2 N–H and O–H groups in total. The summed E-state index contributed by atoms with van der Waals surface area (Å²) in [6, 6.07) is 12.4. The summed E-state index contributed by atoms with van der Waals surface area (Å²) in [4.78, 5) is 12.6. The second kappa shape index (κ2) is 7.63. The predicted molar refractivity (Wildman–Crippen MR) is 98.4 cm³/mol. The van der Waals surface area contributed by atoms with Crippen molar-refractivity contribution in [1.29, 1.82) is 0 Å². The number of carbonyl (C=O) groups is 1. The van der Waals surface area contributed by atoms with E-state index in [4.69, 9.17) is 11.6 Å². The maximum absolute atomic E-state index is 12.6. The number of nitrogens with zero attached hydrogens (tertiary/aromatic N) is 4. The van der Waals surface area contributed by atoms with Gasteiger partial charge in [-0.2, -0.15) is 4.68 Å². The Balaban J connectivity index is 2.09. The smallest absolute Gasteiger partial charge is 0.251 e. The molecule has 0 unspecified atom stereocenters. The Morgan fingerprint density at radius 3 is 2.58 bits per heavy atom. The van der Waals surface area contributed by atoms with E-state index in [-0.39, 0.29) is 18.6 Å². The number of aliphatic hydroxyl groups is 1. The molecule has 26 heavy (non-hydrogen) atoms. The Bertz CT molecular complexity index is 924. The molecule has 0 radical (unpaired) electrons. The highest BCUT2D eigenvalue weighted by Crippen LogP contribution is 2.26. The third kappa shape index (κ3) is 3.89. The Kier molecular flexibility index (Phi) is 5.29. The van der Waals surface area contributed by atoms with Crippen LogP contribution in [-0.2, 0) is 0 Å². The van der Waals surface area contributed by atoms with Crippen LogP contribution < -0.4 is 5.32 Å². The third-order valence-electron chi connectivity index (χ3n) is 3.88. The number of hydrogen-bond acceptors (Lipinski definition) is 5. The van der Waals surface area contributed by atoms with Gasteiger partial charge in [0.2, 0.25) is 0 Å². The SMILES string of the molecule is Cc1nnnn1-c1cc(C(=O)N[C@@H](C)CO)cc(-c2ccc(Cl)cc2)c1. The van der Waals surface area contributed by atoms with E-state index in [1.165, 1.54) is 0 Å². The third-order valence-corrected chi connectivity index (χ3v) is 4.13. The maximum atomic E-state index is 12.6. The van der Waals surface area contributed by atoms with Gasteiger partial charge in [0.25, 0.3) is 5.91 Å². The number of aromatic nitrogens is 4. The summed E-state index contributed by atoms with van der Waals surface area (Å²) in [5, 5.41) is 24.1. The van der Waals surface area contributed by atoms with E-state index in [1.807, 2.05) is 18.2 Å². The van der Waals surface area contributed by atoms with E-state index in [1.54, 1.807) is 42.8 Å². The van der Waals surface area contributed by atoms with Crippen molar-refractivity contribution in [1.82, 2.24) is 25.5 Å². The zero-order valence-electron chi connectivity index (χ0n) is 14.3. The Hall–Kier alpha value is -2.77. The van der Waals surface area contributed by atoms with Crippen LogP contribution in [0.2, 0.25) is 5.02 Å². The molecular weight excluding hydrogens is 354 g/mol. The van der Waals surface area contributed by atoms with E-state index in [0.29, 0.717) is 22.1 Å². The predicted octanol–water partition coefficient (Wildman–Crippen LogP) is 2.40. The van der Waals surface area contributed by atoms with Gasteiger partial charge in [0, 0.05) is 16.6 Å². The van der Waals surface area contributed by atoms with E-state index in [9.17, 15) is 9.90 Å². The van der Waals surface area contributed by atoms with E-state index in [0.717, 1.165) is 11.1 Å². The summed E-state index contributed by atoms with van der Waals surface area (Å²) in [5.74, 6) is 0.322. The first-order chi connectivity index (χ1) is 12.5. The van der Waals surface area contributed by atoms with Crippen LogP contribution in [0.5, 0.6) is 0 Å². The van der Waals surface area contributed by atoms with E-state index < -0.39 is 0 Å². The molecular formula is C18H18ClN5O2. The minimum Gasteiger partial charge on any atom is -0.394 e. The standard InChI is InChI=1S/C18H18ClN5O2/c1-11(10-25)20-18(26)15-7-14(13-3-5-16(19)6-4-13)8-17(9-15)24-12(2)21-22-23-24/h3-9,11,25H,10H2,1-2H3,(H,20,26)/t11-/m0/s1. The van der Waals surface area contributed by atoms with Gasteiger partial charge in [-0.25, -0.2) is 0 Å². The topological polar surface area (TPSA) is 92.9 Å². The average Bonchev–Trinajstić information content (AvgIpc) is 3.07. The van der Waals surface area contributed by atoms with Crippen molar-refractivity contribution < 1.29 is 9.90 Å². The van der Waals surface area contributed by atoms with Crippen LogP contribution in [0.3, 0.4) is 0 Å². The molecule has 0 fully saturated rings. The van der Waals surface area contributed by atoms with Crippen LogP contribution in [0.25, 0.3) is 16.8 Å². The number of amides is 1. The molecule has 0 bridgehead atoms. The second-order valence-corrected chi connectivity index (χ2v) is 6.41. The van der Waals surface area contributed by atoms with Crippen molar-refractivity contribution in [2.24, 2.45) is 0 Å². The molecule has 0 aliphatic rings. The highest BCUT2D eigenvalue weighted by molar-refractivity contribution is 6.30. The monoisotopic (exact) mass is 371 g/mol. The van der Waals surface area contributed by atoms with Crippen LogP contribution in [0.1, 0.15) is 23.1 Å². The average molecular weight is 372 g/mol. The number of aryl methyl sites for hydroxylation is 1. The lowest BCUT2D eigenvalue weighted by molar-refractivity contribution is 0.0922. The Labute approximate surface area is 155 Å². The van der Waals surface area contributed by atoms with Crippen molar-refractivity contribution in [3.05, 3.63) is 58.9 Å². The quantitative estimate of drug-likeness (QED) is 0.718. The van der Waals surface area contributed by atoms with Crippen molar-refractivity contribution in [2.45, 2.75) is 19.9 Å². The fourth-order valence-electron chi connectivity index (χ4n) is 2.50. The molecule has 0 aliphatic heterocycles. The van der Waals surface area contributed by atoms with Crippen LogP contribution in [0.4, 0.5) is 0 Å². The van der Waals surface area contributed by atoms with Crippen molar-refractivity contribution in [3.63, 3.8) is 0 Å². The molecule has 3 aromatic rings. The Morgan fingerprint density at radius 2 is 1.96 bits per heavy atom. The number of halogens is 1. The molecule has 0 saturated carbocycles. The first-order valence-corrected chi connectivity index (χ1v) is 8.44. The number of aliphatic hydroxyl groups excluding tert-OH is 1. The Morgan fingerprint density at radius 1 is 1.23 bits per heavy atom. The van der Waals surface area contributed by atoms with Gasteiger partial charge in [0.15, 0.2) is 5.82 Å². The molecule has 3 rings (SSSR count). The zero-order valence-corrected chi connectivity index (χ0v) is 15.1. The number of rotatable bonds is 5. The zero-order chi connectivity index (χ0) is 18.7. The highest BCUT2D eigenvalue weighted by atomic mass is 35.5. The summed E-state index contributed by atoms with van der Waals surface area (Å²) in [5.41, 5.74) is 2.85. The molecule has 0 spiro atoms. The van der Waals surface area contributed by atoms with Crippen LogP contribution in [0, 0.1) is 6.92 Å². The van der Waals surface area contributed by atoms with Gasteiger partial charge in [-0.3, -0.25) is 4.79 Å². The number of carbonyl (C=O) groups excluding carboxylic acids is 1. The van der Waals surface area contributed by atoms with Crippen LogP contribution in [-0.4, -0.2) is 43.9 Å². The van der Waals surface area contributed by atoms with Gasteiger partial charge < -0.3 is 10.4 Å². The fraction of sp³-hybridized carbons (Fsp3) is 0.222. The van der Waals surface area contributed by atoms with Gasteiger partial charge in [-0.15, -0.1) is 5.10 Å². The molecule has 7 nitrogen and oxygen atoms in total. The van der Waals surface area contributed by atoms with Gasteiger partial charge >= 0.3 is 0 Å². The summed E-state index contributed by atoms with van der Waals surface area (Å²) in [7, 11) is 0. The van der Waals surface area contributed by atoms with Gasteiger partial charge in [-0.1, -0.05) is 23.7 Å². The number of benzene rings is 2. The lowest BCUT2D eigenvalue weighted by Gasteiger charge is -2.13. The van der Waals surface area contributed by atoms with Gasteiger partial charge in [-0.05, 0) is 65.7 Å². The lowest BCUT2D eigenvalue weighted by Crippen LogP contribution is -2.35. The largest absolute Gasteiger partial charge is 0.394 e. The molecule has 1 aromatic heterocycles. The number of nitrogens with one attached hydrogen (secondary N) is 1. The second-order valence-electron chi connectivity index (χ2n) is 5.97. The van der Waals surface area contributed by atoms with Crippen molar-refractivity contribution in [3.8, 4) is 16.8 Å². The molecule has 0 aliphatic carbocycles. The minimum absolute atomic E-state index is 0.137. The van der Waals surface area contributed by atoms with Crippen LogP contribution >= 0.6 is 11.6 Å². The van der Waals surface area contributed by atoms with Crippen molar-refractivity contribution in [2.75, 3.05) is 6.61 Å². The molecule has 8 heteroatoms. The molecule has 1 amide bonds. The summed E-state index contributed by atoms with van der Waals surface area (Å²) >= 11 is 5.97. The first-order valence-electron chi connectivity index (χ1n) is 8.06.